The molecule has 3 aromatic rings. The Bertz CT molecular complexity index is 1310. The van der Waals surface area contributed by atoms with Crippen LogP contribution in [-0.2, 0) is 14.8 Å². The zero-order chi connectivity index (χ0) is 25.0. The van der Waals surface area contributed by atoms with Crippen LogP contribution < -0.4 is 0 Å². The molecule has 1 N–H and O–H groups in total. The van der Waals surface area contributed by atoms with E-state index in [1.807, 2.05) is 51.1 Å². The number of hydrogen-bond acceptors (Lipinski definition) is 4. The molecule has 0 radical (unpaired) electrons. The zero-order valence-electron chi connectivity index (χ0n) is 19.7. The molecule has 6 nitrogen and oxygen atoms in total. The SMILES string of the molecule is Cc1nccc(-c2cccc(C(C)N(CCCC(=O)O)S(=O)(=O)c3cccc(Cl)c3C)c2)c1C. The molecule has 1 atom stereocenters. The van der Waals surface area contributed by atoms with E-state index in [0.29, 0.717) is 10.6 Å². The van der Waals surface area contributed by atoms with E-state index in [4.69, 9.17) is 16.7 Å². The van der Waals surface area contributed by atoms with Gasteiger partial charge in [0.05, 0.1) is 4.90 Å². The van der Waals surface area contributed by atoms with Crippen LogP contribution >= 0.6 is 11.6 Å². The molecule has 0 bridgehead atoms. The molecule has 0 aliphatic heterocycles. The lowest BCUT2D eigenvalue weighted by Crippen LogP contribution is -2.35. The predicted octanol–water partition coefficient (Wildman–Crippen LogP) is 5.94. The molecule has 2 aromatic carbocycles. The van der Waals surface area contributed by atoms with Gasteiger partial charge in [0.25, 0.3) is 0 Å². The highest BCUT2D eigenvalue weighted by Crippen LogP contribution is 2.33. The summed E-state index contributed by atoms with van der Waals surface area (Å²) in [5, 5.41) is 9.47. The second-order valence-electron chi connectivity index (χ2n) is 8.35. The molecule has 34 heavy (non-hydrogen) atoms. The molecule has 0 amide bonds. The maximum atomic E-state index is 13.8. The van der Waals surface area contributed by atoms with E-state index in [9.17, 15) is 13.2 Å². The summed E-state index contributed by atoms with van der Waals surface area (Å²) >= 11 is 6.22. The van der Waals surface area contributed by atoms with Crippen molar-refractivity contribution in [3.8, 4) is 11.1 Å². The number of carboxylic acid groups (broad SMARTS) is 1. The van der Waals surface area contributed by atoms with Gasteiger partial charge in [-0.3, -0.25) is 9.78 Å². The monoisotopic (exact) mass is 500 g/mol. The lowest BCUT2D eigenvalue weighted by atomic mass is 9.97. The zero-order valence-corrected chi connectivity index (χ0v) is 21.3. The van der Waals surface area contributed by atoms with Gasteiger partial charge in [-0.1, -0.05) is 35.9 Å². The quantitative estimate of drug-likeness (QED) is 0.392. The van der Waals surface area contributed by atoms with Gasteiger partial charge < -0.3 is 5.11 Å². The van der Waals surface area contributed by atoms with Gasteiger partial charge >= 0.3 is 5.97 Å². The minimum absolute atomic E-state index is 0.0688. The number of rotatable bonds is 9. The van der Waals surface area contributed by atoms with Crippen molar-refractivity contribution < 1.29 is 18.3 Å². The molecule has 0 saturated carbocycles. The number of hydrogen-bond donors (Lipinski definition) is 1. The van der Waals surface area contributed by atoms with Crippen LogP contribution in [0, 0.1) is 20.8 Å². The van der Waals surface area contributed by atoms with E-state index in [-0.39, 0.29) is 24.3 Å². The first-order valence-corrected chi connectivity index (χ1v) is 12.9. The topological polar surface area (TPSA) is 87.6 Å². The summed E-state index contributed by atoms with van der Waals surface area (Å²) in [6.07, 6.45) is 1.84. The van der Waals surface area contributed by atoms with Crippen molar-refractivity contribution in [1.82, 2.24) is 9.29 Å². The summed E-state index contributed by atoms with van der Waals surface area (Å²) in [6, 6.07) is 14.0. The Morgan fingerprint density at radius 3 is 2.50 bits per heavy atom. The number of aliphatic carboxylic acids is 1. The van der Waals surface area contributed by atoms with E-state index in [0.717, 1.165) is 27.9 Å². The summed E-state index contributed by atoms with van der Waals surface area (Å²) in [6.45, 7) is 7.53. The number of carbonyl (C=O) groups is 1. The average molecular weight is 501 g/mol. The largest absolute Gasteiger partial charge is 0.481 e. The number of sulfonamides is 1. The molecule has 0 fully saturated rings. The molecule has 0 aliphatic rings. The third kappa shape index (κ3) is 5.49. The maximum absolute atomic E-state index is 13.8. The van der Waals surface area contributed by atoms with Gasteiger partial charge in [0.15, 0.2) is 0 Å². The maximum Gasteiger partial charge on any atom is 0.303 e. The molecular weight excluding hydrogens is 472 g/mol. The Balaban J connectivity index is 2.05. The van der Waals surface area contributed by atoms with Crippen molar-refractivity contribution in [3.63, 3.8) is 0 Å². The summed E-state index contributed by atoms with van der Waals surface area (Å²) in [7, 11) is -3.95. The number of nitrogens with zero attached hydrogens (tertiary/aromatic N) is 2. The number of carboxylic acids is 1. The highest BCUT2D eigenvalue weighted by molar-refractivity contribution is 7.89. The van der Waals surface area contributed by atoms with Crippen LogP contribution in [0.2, 0.25) is 5.02 Å². The molecule has 0 spiro atoms. The van der Waals surface area contributed by atoms with Gasteiger partial charge in [0.2, 0.25) is 10.0 Å². The van der Waals surface area contributed by atoms with Crippen molar-refractivity contribution in [2.75, 3.05) is 6.54 Å². The number of aryl methyl sites for hydroxylation is 1. The van der Waals surface area contributed by atoms with Crippen LogP contribution in [0.3, 0.4) is 0 Å². The number of aromatic nitrogens is 1. The summed E-state index contributed by atoms with van der Waals surface area (Å²) < 4.78 is 28.9. The molecule has 8 heteroatoms. The van der Waals surface area contributed by atoms with Gasteiger partial charge in [-0.05, 0) is 86.2 Å². The van der Waals surface area contributed by atoms with E-state index >= 15 is 0 Å². The second-order valence-corrected chi connectivity index (χ2v) is 10.6. The average Bonchev–Trinajstić information content (AvgIpc) is 2.79. The van der Waals surface area contributed by atoms with Crippen LogP contribution in [0.1, 0.15) is 48.2 Å². The van der Waals surface area contributed by atoms with Gasteiger partial charge in [0, 0.05) is 35.9 Å². The third-order valence-corrected chi connectivity index (χ3v) is 8.67. The van der Waals surface area contributed by atoms with Crippen molar-refractivity contribution in [2.45, 2.75) is 51.5 Å². The second kappa shape index (κ2) is 10.7. The number of benzene rings is 2. The minimum atomic E-state index is -3.95. The Morgan fingerprint density at radius 1 is 1.09 bits per heavy atom. The summed E-state index contributed by atoms with van der Waals surface area (Å²) in [5.41, 5.74) is 5.28. The van der Waals surface area contributed by atoms with Crippen molar-refractivity contribution in [2.24, 2.45) is 0 Å². The number of pyridine rings is 1. The normalized spacial score (nSPS) is 12.6. The summed E-state index contributed by atoms with van der Waals surface area (Å²) in [5.74, 6) is -0.963. The number of halogens is 1. The van der Waals surface area contributed by atoms with Crippen molar-refractivity contribution in [3.05, 3.63) is 82.1 Å². The fourth-order valence-electron chi connectivity index (χ4n) is 3.99. The molecule has 3 rings (SSSR count). The molecule has 0 saturated heterocycles. The van der Waals surface area contributed by atoms with Crippen LogP contribution in [0.15, 0.2) is 59.6 Å². The Labute approximate surface area is 206 Å². The van der Waals surface area contributed by atoms with Crippen LogP contribution in [0.5, 0.6) is 0 Å². The predicted molar refractivity (Wildman–Crippen MR) is 135 cm³/mol. The van der Waals surface area contributed by atoms with E-state index in [2.05, 4.69) is 4.98 Å². The lowest BCUT2D eigenvalue weighted by Gasteiger charge is -2.30. The van der Waals surface area contributed by atoms with Crippen LogP contribution in [0.25, 0.3) is 11.1 Å². The first-order chi connectivity index (χ1) is 16.0. The highest BCUT2D eigenvalue weighted by Gasteiger charge is 2.31. The molecule has 1 aromatic heterocycles. The standard InChI is InChI=1S/C26H29ClN2O4S/c1-17-19(3)28-14-13-23(17)22-9-5-8-21(16-22)20(4)29(15-7-12-26(30)31)34(32,33)25-11-6-10-24(27)18(25)2/h5-6,8-11,13-14,16,20H,7,12,15H2,1-4H3,(H,30,31). The smallest absolute Gasteiger partial charge is 0.303 e. The first kappa shape index (κ1) is 25.9. The minimum Gasteiger partial charge on any atom is -0.481 e. The molecule has 1 unspecified atom stereocenters. The lowest BCUT2D eigenvalue weighted by molar-refractivity contribution is -0.137. The fourth-order valence-corrected chi connectivity index (χ4v) is 6.13. The molecular formula is C26H29ClN2O4S. The van der Waals surface area contributed by atoms with E-state index in [1.165, 1.54) is 10.4 Å². The van der Waals surface area contributed by atoms with Crippen molar-refractivity contribution >= 4 is 27.6 Å². The molecule has 1 heterocycles. The molecule has 180 valence electrons. The van der Waals surface area contributed by atoms with Gasteiger partial charge in [-0.15, -0.1) is 0 Å². The molecule has 0 aliphatic carbocycles. The first-order valence-electron chi connectivity index (χ1n) is 11.0. The highest BCUT2D eigenvalue weighted by atomic mass is 35.5. The fraction of sp³-hybridized carbons (Fsp3) is 0.308. The van der Waals surface area contributed by atoms with Crippen molar-refractivity contribution in [1.29, 1.82) is 0 Å². The van der Waals surface area contributed by atoms with E-state index < -0.39 is 22.0 Å². The van der Waals surface area contributed by atoms with Crippen LogP contribution in [0.4, 0.5) is 0 Å². The van der Waals surface area contributed by atoms with Crippen LogP contribution in [-0.4, -0.2) is 35.3 Å². The van der Waals surface area contributed by atoms with Gasteiger partial charge in [-0.25, -0.2) is 8.42 Å². The van der Waals surface area contributed by atoms with Gasteiger partial charge in [-0.2, -0.15) is 4.31 Å². The summed E-state index contributed by atoms with van der Waals surface area (Å²) in [4.78, 5) is 15.6. The Kier molecular flexibility index (Phi) is 8.13. The van der Waals surface area contributed by atoms with E-state index in [1.54, 1.807) is 25.3 Å². The Hall–Kier alpha value is -2.74. The van der Waals surface area contributed by atoms with Gasteiger partial charge in [0.1, 0.15) is 0 Å². The third-order valence-electron chi connectivity index (χ3n) is 6.14. The Morgan fingerprint density at radius 2 is 1.79 bits per heavy atom.